The molecule has 29 heavy (non-hydrogen) atoms. The lowest BCUT2D eigenvalue weighted by Gasteiger charge is -2.20. The highest BCUT2D eigenvalue weighted by Gasteiger charge is 2.30. The lowest BCUT2D eigenvalue weighted by atomic mass is 10.1. The highest BCUT2D eigenvalue weighted by Crippen LogP contribution is 2.29. The summed E-state index contributed by atoms with van der Waals surface area (Å²) < 4.78 is 43.5. The number of nitrogens with zero attached hydrogens (tertiary/aromatic N) is 3. The zero-order chi connectivity index (χ0) is 21.4. The number of thiazole rings is 1. The molecule has 1 unspecified atom stereocenters. The predicted octanol–water partition coefficient (Wildman–Crippen LogP) is 3.93. The number of nitrogens with one attached hydrogen (secondary N) is 1. The Hall–Kier alpha value is -2.57. The standard InChI is InChI=1S/C20H23F3N4OS/c1-14(28-4)18-26-17(13-29-18)12-27(3)19(24-2)25-10-6-8-15-7-5-9-16(11-15)20(21,22)23/h5,7,9,11,13-14H,10,12H2,1-4H3,(H,24,25). The zero-order valence-electron chi connectivity index (χ0n) is 16.7. The first kappa shape index (κ1) is 22.7. The van der Waals surface area contributed by atoms with Gasteiger partial charge in [0.25, 0.3) is 0 Å². The van der Waals surface area contributed by atoms with Crippen LogP contribution < -0.4 is 5.32 Å². The summed E-state index contributed by atoms with van der Waals surface area (Å²) in [6, 6.07) is 4.95. The van der Waals surface area contributed by atoms with Gasteiger partial charge in [0.15, 0.2) is 5.96 Å². The number of aliphatic imine (C=N–C) groups is 1. The Bertz CT molecular complexity index is 899. The number of ether oxygens (including phenoxy) is 1. The lowest BCUT2D eigenvalue weighted by molar-refractivity contribution is -0.137. The summed E-state index contributed by atoms with van der Waals surface area (Å²) in [7, 11) is 5.16. The molecule has 0 aliphatic rings. The van der Waals surface area contributed by atoms with Gasteiger partial charge in [0.1, 0.15) is 11.1 Å². The van der Waals surface area contributed by atoms with Crippen molar-refractivity contribution in [2.24, 2.45) is 4.99 Å². The smallest absolute Gasteiger partial charge is 0.375 e. The maximum absolute atomic E-state index is 12.7. The van der Waals surface area contributed by atoms with Gasteiger partial charge in [0, 0.05) is 32.1 Å². The monoisotopic (exact) mass is 424 g/mol. The van der Waals surface area contributed by atoms with E-state index in [0.29, 0.717) is 18.1 Å². The van der Waals surface area contributed by atoms with E-state index >= 15 is 0 Å². The summed E-state index contributed by atoms with van der Waals surface area (Å²) in [6.45, 7) is 2.74. The number of alkyl halides is 3. The average molecular weight is 424 g/mol. The minimum atomic E-state index is -4.38. The van der Waals surface area contributed by atoms with E-state index in [-0.39, 0.29) is 12.6 Å². The fraction of sp³-hybridized carbons (Fsp3) is 0.400. The molecule has 0 aliphatic carbocycles. The van der Waals surface area contributed by atoms with Crippen LogP contribution in [0.4, 0.5) is 13.2 Å². The summed E-state index contributed by atoms with van der Waals surface area (Å²) in [4.78, 5) is 10.6. The number of hydrogen-bond donors (Lipinski definition) is 1. The summed E-state index contributed by atoms with van der Waals surface area (Å²) in [6.07, 6.45) is -4.43. The molecular weight excluding hydrogens is 401 g/mol. The molecule has 0 amide bonds. The Morgan fingerprint density at radius 3 is 2.83 bits per heavy atom. The van der Waals surface area contributed by atoms with Crippen LogP contribution >= 0.6 is 11.3 Å². The Balaban J connectivity index is 1.93. The van der Waals surface area contributed by atoms with Crippen LogP contribution in [0.3, 0.4) is 0 Å². The van der Waals surface area contributed by atoms with E-state index in [9.17, 15) is 13.2 Å². The molecule has 1 N–H and O–H groups in total. The van der Waals surface area contributed by atoms with Gasteiger partial charge in [-0.25, -0.2) is 4.98 Å². The van der Waals surface area contributed by atoms with Gasteiger partial charge in [0.2, 0.25) is 0 Å². The van der Waals surface area contributed by atoms with Crippen molar-refractivity contribution >= 4 is 17.3 Å². The number of halogens is 3. The number of aromatic nitrogens is 1. The second-order valence-corrected chi connectivity index (χ2v) is 7.08. The molecule has 0 radical (unpaired) electrons. The van der Waals surface area contributed by atoms with Crippen LogP contribution in [0.5, 0.6) is 0 Å². The zero-order valence-corrected chi connectivity index (χ0v) is 17.5. The molecule has 5 nitrogen and oxygen atoms in total. The maximum atomic E-state index is 12.7. The number of methoxy groups -OCH3 is 1. The minimum Gasteiger partial charge on any atom is -0.375 e. The quantitative estimate of drug-likeness (QED) is 0.449. The molecule has 1 heterocycles. The topological polar surface area (TPSA) is 49.8 Å². The van der Waals surface area contributed by atoms with Gasteiger partial charge in [-0.2, -0.15) is 13.2 Å². The molecule has 0 bridgehead atoms. The third kappa shape index (κ3) is 6.76. The summed E-state index contributed by atoms with van der Waals surface area (Å²) in [5, 5.41) is 5.96. The molecule has 2 rings (SSSR count). The molecule has 0 fully saturated rings. The van der Waals surface area contributed by atoms with Crippen molar-refractivity contribution in [3.05, 3.63) is 51.5 Å². The van der Waals surface area contributed by atoms with Crippen LogP contribution in [0, 0.1) is 11.8 Å². The highest BCUT2D eigenvalue weighted by molar-refractivity contribution is 7.09. The van der Waals surface area contributed by atoms with Gasteiger partial charge in [-0.05, 0) is 25.1 Å². The van der Waals surface area contributed by atoms with Crippen molar-refractivity contribution in [1.82, 2.24) is 15.2 Å². The summed E-state index contributed by atoms with van der Waals surface area (Å²) >= 11 is 1.54. The van der Waals surface area contributed by atoms with Gasteiger partial charge >= 0.3 is 6.18 Å². The molecule has 1 aromatic heterocycles. The fourth-order valence-corrected chi connectivity index (χ4v) is 3.27. The van der Waals surface area contributed by atoms with Crippen molar-refractivity contribution in [2.75, 3.05) is 27.7 Å². The van der Waals surface area contributed by atoms with E-state index in [1.807, 2.05) is 24.3 Å². The van der Waals surface area contributed by atoms with Crippen LogP contribution in [-0.4, -0.2) is 43.6 Å². The van der Waals surface area contributed by atoms with Crippen molar-refractivity contribution < 1.29 is 17.9 Å². The normalized spacial score (nSPS) is 12.9. The van der Waals surface area contributed by atoms with Gasteiger partial charge in [-0.1, -0.05) is 17.9 Å². The largest absolute Gasteiger partial charge is 0.416 e. The third-order valence-corrected chi connectivity index (χ3v) is 5.06. The maximum Gasteiger partial charge on any atom is 0.416 e. The number of guanidine groups is 1. The van der Waals surface area contributed by atoms with Gasteiger partial charge in [-0.3, -0.25) is 4.99 Å². The molecule has 1 aromatic carbocycles. The van der Waals surface area contributed by atoms with Crippen LogP contribution in [0.1, 0.15) is 34.9 Å². The van der Waals surface area contributed by atoms with E-state index < -0.39 is 11.7 Å². The van der Waals surface area contributed by atoms with E-state index in [4.69, 9.17) is 4.74 Å². The third-order valence-electron chi connectivity index (χ3n) is 4.00. The van der Waals surface area contributed by atoms with Crippen molar-refractivity contribution in [3.63, 3.8) is 0 Å². The second-order valence-electron chi connectivity index (χ2n) is 6.19. The van der Waals surface area contributed by atoms with Crippen LogP contribution in [0.15, 0.2) is 34.6 Å². The molecule has 0 spiro atoms. The molecule has 2 aromatic rings. The Labute approximate surface area is 172 Å². The Morgan fingerprint density at radius 2 is 2.17 bits per heavy atom. The van der Waals surface area contributed by atoms with E-state index in [1.54, 1.807) is 20.2 Å². The van der Waals surface area contributed by atoms with Gasteiger partial charge < -0.3 is 15.0 Å². The first-order valence-electron chi connectivity index (χ1n) is 8.79. The molecule has 0 aliphatic heterocycles. The first-order chi connectivity index (χ1) is 13.7. The SMILES string of the molecule is CN=C(NCC#Cc1cccc(C(F)(F)F)c1)N(C)Cc1csc(C(C)OC)n1. The highest BCUT2D eigenvalue weighted by atomic mass is 32.1. The Kier molecular flexibility index (Phi) is 8.05. The second kappa shape index (κ2) is 10.3. The molecule has 156 valence electrons. The van der Waals surface area contributed by atoms with E-state index in [2.05, 4.69) is 27.1 Å². The molecule has 9 heteroatoms. The molecular formula is C20H23F3N4OS. The van der Waals surface area contributed by atoms with Crippen molar-refractivity contribution in [2.45, 2.75) is 25.7 Å². The molecule has 0 saturated carbocycles. The molecule has 0 saturated heterocycles. The predicted molar refractivity (Wildman–Crippen MR) is 109 cm³/mol. The van der Waals surface area contributed by atoms with Crippen molar-refractivity contribution in [1.29, 1.82) is 0 Å². The summed E-state index contributed by atoms with van der Waals surface area (Å²) in [5.41, 5.74) is 0.500. The van der Waals surface area contributed by atoms with E-state index in [1.165, 1.54) is 17.4 Å². The van der Waals surface area contributed by atoms with Gasteiger partial charge in [0.05, 0.1) is 24.3 Å². The van der Waals surface area contributed by atoms with Crippen LogP contribution in [0.2, 0.25) is 0 Å². The molecule has 1 atom stereocenters. The van der Waals surface area contributed by atoms with E-state index in [0.717, 1.165) is 22.8 Å². The number of hydrogen-bond acceptors (Lipinski definition) is 4. The number of rotatable bonds is 5. The van der Waals surface area contributed by atoms with Gasteiger partial charge in [-0.15, -0.1) is 11.3 Å². The van der Waals surface area contributed by atoms with Crippen LogP contribution in [-0.2, 0) is 17.5 Å². The lowest BCUT2D eigenvalue weighted by Crippen LogP contribution is -2.38. The Morgan fingerprint density at radius 1 is 1.41 bits per heavy atom. The summed E-state index contributed by atoms with van der Waals surface area (Å²) in [5.74, 6) is 6.17. The number of benzene rings is 1. The first-order valence-corrected chi connectivity index (χ1v) is 9.67. The fourth-order valence-electron chi connectivity index (χ4n) is 2.43. The van der Waals surface area contributed by atoms with Crippen molar-refractivity contribution in [3.8, 4) is 11.8 Å². The minimum absolute atomic E-state index is 0.0531. The average Bonchev–Trinajstić information content (AvgIpc) is 3.15. The van der Waals surface area contributed by atoms with Crippen LogP contribution in [0.25, 0.3) is 0 Å².